The van der Waals surface area contributed by atoms with Crippen molar-refractivity contribution < 1.29 is 9.18 Å². The molecular weight excluding hydrogens is 401 g/mol. The van der Waals surface area contributed by atoms with Crippen molar-refractivity contribution >= 4 is 39.8 Å². The Labute approximate surface area is 179 Å². The number of benzene rings is 1. The average molecular weight is 426 g/mol. The second-order valence-electron chi connectivity index (χ2n) is 7.40. The van der Waals surface area contributed by atoms with Crippen LogP contribution in [0, 0.1) is 5.82 Å². The molecule has 1 saturated heterocycles. The lowest BCUT2D eigenvalue weighted by Crippen LogP contribution is -2.47. The molecule has 2 aliphatic rings. The van der Waals surface area contributed by atoms with Crippen molar-refractivity contribution in [2.45, 2.75) is 6.42 Å². The Morgan fingerprint density at radius 1 is 1.27 bits per heavy atom. The van der Waals surface area contributed by atoms with Gasteiger partial charge in [-0.05, 0) is 37.2 Å². The van der Waals surface area contributed by atoms with Crippen LogP contribution in [0.1, 0.15) is 21.1 Å². The molecule has 30 heavy (non-hydrogen) atoms. The van der Waals surface area contributed by atoms with Gasteiger partial charge in [0.05, 0.1) is 5.70 Å². The number of carbonyl (C=O) groups is 1. The summed E-state index contributed by atoms with van der Waals surface area (Å²) in [6.45, 7) is 11.7. The zero-order valence-electron chi connectivity index (χ0n) is 17.0. The molecule has 0 atom stereocenters. The summed E-state index contributed by atoms with van der Waals surface area (Å²) in [4.78, 5) is 28.1. The molecule has 8 heteroatoms. The first-order chi connectivity index (χ1) is 14.5. The first-order valence-electron chi connectivity index (χ1n) is 9.87. The van der Waals surface area contributed by atoms with Crippen LogP contribution < -0.4 is 4.90 Å². The number of rotatable bonds is 5. The van der Waals surface area contributed by atoms with Crippen molar-refractivity contribution in [3.63, 3.8) is 0 Å². The van der Waals surface area contributed by atoms with Gasteiger partial charge in [-0.25, -0.2) is 14.4 Å². The van der Waals surface area contributed by atoms with Crippen LogP contribution in [0.2, 0.25) is 0 Å². The summed E-state index contributed by atoms with van der Waals surface area (Å²) < 4.78 is 13.6. The van der Waals surface area contributed by atoms with Gasteiger partial charge in [-0.2, -0.15) is 0 Å². The lowest BCUT2D eigenvalue weighted by atomic mass is 10.1. The molecule has 2 aliphatic heterocycles. The lowest BCUT2D eigenvalue weighted by molar-refractivity contribution is 0.0663. The summed E-state index contributed by atoms with van der Waals surface area (Å²) in [5.41, 5.74) is 3.09. The molecule has 4 rings (SSSR count). The monoisotopic (exact) mass is 425 g/mol. The van der Waals surface area contributed by atoms with Gasteiger partial charge in [0.15, 0.2) is 5.01 Å². The van der Waals surface area contributed by atoms with Crippen LogP contribution in [0.15, 0.2) is 42.4 Å². The zero-order valence-corrected chi connectivity index (χ0v) is 17.8. The van der Waals surface area contributed by atoms with Crippen LogP contribution in [0.5, 0.6) is 0 Å². The number of halogens is 1. The smallest absolute Gasteiger partial charge is 0.283 e. The molecule has 0 bridgehead atoms. The Kier molecular flexibility index (Phi) is 5.78. The average Bonchev–Trinajstić information content (AvgIpc) is 3.36. The van der Waals surface area contributed by atoms with Crippen molar-refractivity contribution in [1.82, 2.24) is 14.8 Å². The topological polar surface area (TPSA) is 52.0 Å². The highest BCUT2D eigenvalue weighted by molar-refractivity contribution is 7.17. The number of likely N-dealkylation sites (N-methyl/N-ethyl adjacent to an activating group) is 1. The van der Waals surface area contributed by atoms with E-state index in [9.17, 15) is 9.18 Å². The van der Waals surface area contributed by atoms with E-state index in [4.69, 9.17) is 0 Å². The van der Waals surface area contributed by atoms with E-state index in [2.05, 4.69) is 35.1 Å². The fourth-order valence-electron chi connectivity index (χ4n) is 3.72. The first-order valence-corrected chi connectivity index (χ1v) is 10.7. The van der Waals surface area contributed by atoms with Crippen LogP contribution in [0.25, 0.3) is 5.70 Å². The van der Waals surface area contributed by atoms with Crippen LogP contribution >= 0.6 is 11.3 Å². The molecule has 1 amide bonds. The van der Waals surface area contributed by atoms with Crippen LogP contribution in [-0.2, 0) is 6.42 Å². The number of aromatic nitrogens is 1. The summed E-state index contributed by atoms with van der Waals surface area (Å²) in [5, 5.41) is 1.03. The molecule has 6 nitrogen and oxygen atoms in total. The highest BCUT2D eigenvalue weighted by Gasteiger charge is 2.29. The molecule has 0 saturated carbocycles. The predicted octanol–water partition coefficient (Wildman–Crippen LogP) is 3.59. The minimum Gasteiger partial charge on any atom is -0.340 e. The third-order valence-corrected chi connectivity index (χ3v) is 6.37. The third-order valence-electron chi connectivity index (χ3n) is 5.42. The Morgan fingerprint density at radius 2 is 2.03 bits per heavy atom. The molecule has 0 aliphatic carbocycles. The molecular formula is C22H24FN5OS. The maximum atomic E-state index is 13.6. The Balaban J connectivity index is 1.64. The second kappa shape index (κ2) is 8.49. The summed E-state index contributed by atoms with van der Waals surface area (Å²) in [7, 11) is 2.05. The van der Waals surface area contributed by atoms with E-state index in [1.165, 1.54) is 17.4 Å². The second-order valence-corrected chi connectivity index (χ2v) is 8.38. The Morgan fingerprint density at radius 3 is 2.77 bits per heavy atom. The number of carbonyl (C=O) groups excluding carboxylic acids is 1. The predicted molar refractivity (Wildman–Crippen MR) is 120 cm³/mol. The summed E-state index contributed by atoms with van der Waals surface area (Å²) in [5.74, 6) is -0.322. The highest BCUT2D eigenvalue weighted by Crippen LogP contribution is 2.39. The molecule has 0 spiro atoms. The van der Waals surface area contributed by atoms with Gasteiger partial charge in [-0.3, -0.25) is 4.79 Å². The normalized spacial score (nSPS) is 16.9. The van der Waals surface area contributed by atoms with E-state index in [0.717, 1.165) is 30.8 Å². The molecule has 2 aromatic rings. The lowest BCUT2D eigenvalue weighted by Gasteiger charge is -2.31. The first kappa shape index (κ1) is 20.4. The standard InChI is InChI=1S/C22H24FN5OS/c1-4-8-24-20-19(15(2)28-9-7-16-14-17(23)5-6-18(16)28)25-21(30-20)22(29)27-12-10-26(3)11-13-27/h4-6,8,14H,1-2,7,9-13H2,3H3/b24-8-. The number of thiazole rings is 1. The molecule has 156 valence electrons. The van der Waals surface area contributed by atoms with E-state index in [-0.39, 0.29) is 11.7 Å². The molecule has 1 aromatic heterocycles. The number of hydrogen-bond acceptors (Lipinski definition) is 6. The van der Waals surface area contributed by atoms with Crippen molar-refractivity contribution in [2.75, 3.05) is 44.7 Å². The van der Waals surface area contributed by atoms with Crippen LogP contribution in [-0.4, -0.2) is 66.7 Å². The fourth-order valence-corrected chi connectivity index (χ4v) is 4.63. The zero-order chi connectivity index (χ0) is 21.3. The van der Waals surface area contributed by atoms with Crippen molar-refractivity contribution in [3.05, 3.63) is 59.5 Å². The minimum absolute atomic E-state index is 0.0777. The maximum Gasteiger partial charge on any atom is 0.283 e. The number of fused-ring (bicyclic) bond motifs is 1. The number of aliphatic imine (C=N–C) groups is 1. The summed E-state index contributed by atoms with van der Waals surface area (Å²) >= 11 is 1.26. The van der Waals surface area contributed by atoms with E-state index in [0.29, 0.717) is 41.0 Å². The number of piperazine rings is 1. The van der Waals surface area contributed by atoms with Gasteiger partial charge in [-0.15, -0.1) is 0 Å². The molecule has 3 heterocycles. The number of amides is 1. The number of nitrogens with zero attached hydrogens (tertiary/aromatic N) is 5. The molecule has 0 N–H and O–H groups in total. The Hall–Kier alpha value is -2.84. The Bertz CT molecular complexity index is 1020. The van der Waals surface area contributed by atoms with Gasteiger partial charge < -0.3 is 14.7 Å². The van der Waals surface area contributed by atoms with E-state index in [1.807, 2.05) is 9.80 Å². The molecule has 0 unspecified atom stereocenters. The van der Waals surface area contributed by atoms with E-state index >= 15 is 0 Å². The largest absolute Gasteiger partial charge is 0.340 e. The van der Waals surface area contributed by atoms with Gasteiger partial charge in [0.1, 0.15) is 16.5 Å². The van der Waals surface area contributed by atoms with Crippen LogP contribution in [0.4, 0.5) is 15.1 Å². The van der Waals surface area contributed by atoms with Crippen LogP contribution in [0.3, 0.4) is 0 Å². The molecule has 1 aromatic carbocycles. The van der Waals surface area contributed by atoms with Gasteiger partial charge in [0.25, 0.3) is 5.91 Å². The van der Waals surface area contributed by atoms with E-state index in [1.54, 1.807) is 24.4 Å². The van der Waals surface area contributed by atoms with E-state index < -0.39 is 0 Å². The number of allylic oxidation sites excluding steroid dienone is 1. The fraction of sp³-hybridized carbons (Fsp3) is 0.318. The number of anilines is 1. The quantitative estimate of drug-likeness (QED) is 0.687. The van der Waals surface area contributed by atoms with Gasteiger partial charge in [-0.1, -0.05) is 30.6 Å². The number of hydrogen-bond donors (Lipinski definition) is 0. The third kappa shape index (κ3) is 3.93. The summed E-state index contributed by atoms with van der Waals surface area (Å²) in [6.07, 6.45) is 3.90. The SMILES string of the molecule is C=C/C=N\c1sc(C(=O)N2CCN(C)CC2)nc1C(=C)N1CCc2cc(F)ccc21. The minimum atomic E-state index is -0.244. The summed E-state index contributed by atoms with van der Waals surface area (Å²) in [6, 6.07) is 4.77. The van der Waals surface area contributed by atoms with Crippen molar-refractivity contribution in [1.29, 1.82) is 0 Å². The van der Waals surface area contributed by atoms with Crippen molar-refractivity contribution in [3.8, 4) is 0 Å². The maximum absolute atomic E-state index is 13.6. The molecule has 1 fully saturated rings. The van der Waals surface area contributed by atoms with Crippen molar-refractivity contribution in [2.24, 2.45) is 4.99 Å². The van der Waals surface area contributed by atoms with Gasteiger partial charge in [0.2, 0.25) is 0 Å². The highest BCUT2D eigenvalue weighted by atomic mass is 32.1. The molecule has 0 radical (unpaired) electrons. The van der Waals surface area contributed by atoms with Gasteiger partial charge >= 0.3 is 0 Å². The van der Waals surface area contributed by atoms with Gasteiger partial charge in [0, 0.05) is 44.6 Å².